The van der Waals surface area contributed by atoms with Crippen LogP contribution in [0.1, 0.15) is 40.9 Å². The summed E-state index contributed by atoms with van der Waals surface area (Å²) in [5, 5.41) is 8.69. The van der Waals surface area contributed by atoms with Gasteiger partial charge >= 0.3 is 0 Å². The SMILES string of the molecule is CCN(CC)c1ccc(/C=N\Nc2nc(-c3ccc(C)cc3)c(NC(=O)c3ccc(C)cc3)s2)cc1. The zero-order valence-electron chi connectivity index (χ0n) is 21.1. The van der Waals surface area contributed by atoms with Gasteiger partial charge in [-0.1, -0.05) is 71.0 Å². The molecule has 0 aliphatic heterocycles. The number of benzene rings is 3. The van der Waals surface area contributed by atoms with E-state index in [9.17, 15) is 4.79 Å². The number of anilines is 3. The van der Waals surface area contributed by atoms with Gasteiger partial charge in [-0.25, -0.2) is 4.98 Å². The third-order valence-corrected chi connectivity index (χ3v) is 6.76. The second-order valence-electron chi connectivity index (χ2n) is 8.52. The Morgan fingerprint density at radius 3 is 2.14 bits per heavy atom. The monoisotopic (exact) mass is 497 g/mol. The van der Waals surface area contributed by atoms with E-state index in [1.165, 1.54) is 17.0 Å². The summed E-state index contributed by atoms with van der Waals surface area (Å²) in [6.07, 6.45) is 1.77. The maximum absolute atomic E-state index is 12.9. The van der Waals surface area contributed by atoms with Crippen molar-refractivity contribution in [2.45, 2.75) is 27.7 Å². The second kappa shape index (κ2) is 11.6. The smallest absolute Gasteiger partial charge is 0.256 e. The van der Waals surface area contributed by atoms with Gasteiger partial charge in [0, 0.05) is 29.9 Å². The molecular formula is C29H31N5OS. The number of amides is 1. The van der Waals surface area contributed by atoms with Gasteiger partial charge in [-0.3, -0.25) is 10.2 Å². The van der Waals surface area contributed by atoms with Crippen LogP contribution < -0.4 is 15.6 Å². The first-order chi connectivity index (χ1) is 17.5. The Kier molecular flexibility index (Phi) is 8.13. The predicted octanol–water partition coefficient (Wildman–Crippen LogP) is 6.97. The number of carbonyl (C=O) groups excluding carboxylic acids is 1. The molecule has 7 heteroatoms. The lowest BCUT2D eigenvalue weighted by Crippen LogP contribution is -2.21. The van der Waals surface area contributed by atoms with Gasteiger partial charge < -0.3 is 10.2 Å². The largest absolute Gasteiger partial charge is 0.372 e. The van der Waals surface area contributed by atoms with Crippen LogP contribution in [0, 0.1) is 13.8 Å². The minimum Gasteiger partial charge on any atom is -0.372 e. The molecule has 0 atom stereocenters. The fraction of sp³-hybridized carbons (Fsp3) is 0.207. The summed E-state index contributed by atoms with van der Waals surface area (Å²) in [6.45, 7) is 10.3. The molecule has 6 nitrogen and oxygen atoms in total. The molecule has 4 rings (SSSR count). The minimum atomic E-state index is -0.171. The Morgan fingerprint density at radius 1 is 0.917 bits per heavy atom. The van der Waals surface area contributed by atoms with Gasteiger partial charge in [-0.15, -0.1) is 0 Å². The lowest BCUT2D eigenvalue weighted by atomic mass is 10.1. The number of thiazole rings is 1. The lowest BCUT2D eigenvalue weighted by molar-refractivity contribution is 0.102. The van der Waals surface area contributed by atoms with Crippen LogP contribution in [0.3, 0.4) is 0 Å². The second-order valence-corrected chi connectivity index (χ2v) is 9.52. The maximum Gasteiger partial charge on any atom is 0.256 e. The number of nitrogens with zero attached hydrogens (tertiary/aromatic N) is 3. The fourth-order valence-corrected chi connectivity index (χ4v) is 4.59. The summed E-state index contributed by atoms with van der Waals surface area (Å²) in [4.78, 5) is 19.9. The predicted molar refractivity (Wildman–Crippen MR) is 153 cm³/mol. The Hall–Kier alpha value is -3.97. The quantitative estimate of drug-likeness (QED) is 0.193. The molecule has 4 aromatic rings. The zero-order valence-corrected chi connectivity index (χ0v) is 21.9. The van der Waals surface area contributed by atoms with Crippen LogP contribution in [0.2, 0.25) is 0 Å². The van der Waals surface area contributed by atoms with E-state index in [1.807, 2.05) is 74.5 Å². The molecule has 36 heavy (non-hydrogen) atoms. The fourth-order valence-electron chi connectivity index (χ4n) is 3.76. The number of carbonyl (C=O) groups is 1. The zero-order chi connectivity index (χ0) is 25.5. The van der Waals surface area contributed by atoms with E-state index in [2.05, 4.69) is 46.7 Å². The van der Waals surface area contributed by atoms with Crippen molar-refractivity contribution in [2.75, 3.05) is 28.7 Å². The maximum atomic E-state index is 12.9. The molecule has 3 aromatic carbocycles. The highest BCUT2D eigenvalue weighted by Gasteiger charge is 2.16. The van der Waals surface area contributed by atoms with E-state index >= 15 is 0 Å². The molecule has 1 aromatic heterocycles. The van der Waals surface area contributed by atoms with Crippen molar-refractivity contribution in [3.05, 3.63) is 95.1 Å². The highest BCUT2D eigenvalue weighted by atomic mass is 32.1. The molecule has 0 saturated carbocycles. The molecule has 184 valence electrons. The average molecular weight is 498 g/mol. The molecule has 0 fully saturated rings. The number of hydrogen-bond acceptors (Lipinski definition) is 6. The van der Waals surface area contributed by atoms with E-state index < -0.39 is 0 Å². The van der Waals surface area contributed by atoms with Gasteiger partial charge in [0.2, 0.25) is 5.13 Å². The number of hydrazone groups is 1. The van der Waals surface area contributed by atoms with Crippen LogP contribution in [0.5, 0.6) is 0 Å². The number of rotatable bonds is 9. The molecule has 0 saturated heterocycles. The van der Waals surface area contributed by atoms with Crippen LogP contribution in [0.15, 0.2) is 77.9 Å². The third-order valence-electron chi connectivity index (χ3n) is 5.89. The molecule has 0 spiro atoms. The molecule has 1 amide bonds. The van der Waals surface area contributed by atoms with Crippen LogP contribution in [0.4, 0.5) is 15.8 Å². The first-order valence-electron chi connectivity index (χ1n) is 12.1. The van der Waals surface area contributed by atoms with Crippen LogP contribution in [0.25, 0.3) is 11.3 Å². The van der Waals surface area contributed by atoms with E-state index in [-0.39, 0.29) is 5.91 Å². The van der Waals surface area contributed by atoms with E-state index in [4.69, 9.17) is 4.98 Å². The molecular weight excluding hydrogens is 466 g/mol. The molecule has 2 N–H and O–H groups in total. The topological polar surface area (TPSA) is 69.6 Å². The Bertz CT molecular complexity index is 1320. The Balaban J connectivity index is 1.53. The van der Waals surface area contributed by atoms with Crippen molar-refractivity contribution in [2.24, 2.45) is 5.10 Å². The first-order valence-corrected chi connectivity index (χ1v) is 12.9. The summed E-state index contributed by atoms with van der Waals surface area (Å²) in [7, 11) is 0. The van der Waals surface area contributed by atoms with Gasteiger partial charge in [0.15, 0.2) is 0 Å². The molecule has 1 heterocycles. The van der Waals surface area contributed by atoms with E-state index in [0.29, 0.717) is 21.4 Å². The van der Waals surface area contributed by atoms with Gasteiger partial charge in [-0.05, 0) is 57.5 Å². The summed E-state index contributed by atoms with van der Waals surface area (Å²) < 4.78 is 0. The summed E-state index contributed by atoms with van der Waals surface area (Å²) >= 11 is 1.36. The average Bonchev–Trinajstić information content (AvgIpc) is 3.28. The van der Waals surface area contributed by atoms with Crippen LogP contribution in [-0.4, -0.2) is 30.2 Å². The number of hydrogen-bond donors (Lipinski definition) is 2. The van der Waals surface area contributed by atoms with Crippen molar-refractivity contribution >= 4 is 39.3 Å². The minimum absolute atomic E-state index is 0.171. The van der Waals surface area contributed by atoms with Gasteiger partial charge in [0.05, 0.1) is 6.21 Å². The highest BCUT2D eigenvalue weighted by Crippen LogP contribution is 2.36. The van der Waals surface area contributed by atoms with Crippen molar-refractivity contribution < 1.29 is 4.79 Å². The van der Waals surface area contributed by atoms with Gasteiger partial charge in [-0.2, -0.15) is 5.10 Å². The van der Waals surface area contributed by atoms with Crippen molar-refractivity contribution in [1.82, 2.24) is 4.98 Å². The third kappa shape index (κ3) is 6.17. The van der Waals surface area contributed by atoms with E-state index in [0.717, 1.165) is 35.3 Å². The van der Waals surface area contributed by atoms with Crippen molar-refractivity contribution in [3.63, 3.8) is 0 Å². The summed E-state index contributed by atoms with van der Waals surface area (Å²) in [6, 6.07) is 23.9. The van der Waals surface area contributed by atoms with Crippen molar-refractivity contribution in [1.29, 1.82) is 0 Å². The molecule has 0 radical (unpaired) electrons. The first kappa shape index (κ1) is 25.1. The van der Waals surface area contributed by atoms with Gasteiger partial charge in [0.25, 0.3) is 5.91 Å². The standard InChI is InChI=1S/C29H31N5OS/c1-5-34(6-2)25-17-11-22(12-18-25)19-30-33-29-31-26(23-13-7-20(3)8-14-23)28(36-29)32-27(35)24-15-9-21(4)10-16-24/h7-19H,5-6H2,1-4H3,(H,31,33)(H,32,35)/b30-19-. The Labute approximate surface area is 216 Å². The number of nitrogens with one attached hydrogen (secondary N) is 2. The molecule has 0 unspecified atom stereocenters. The summed E-state index contributed by atoms with van der Waals surface area (Å²) in [5.74, 6) is -0.171. The van der Waals surface area contributed by atoms with Crippen LogP contribution >= 0.6 is 11.3 Å². The number of aryl methyl sites for hydroxylation is 2. The molecule has 0 aliphatic carbocycles. The number of aromatic nitrogens is 1. The van der Waals surface area contributed by atoms with Crippen LogP contribution in [-0.2, 0) is 0 Å². The van der Waals surface area contributed by atoms with E-state index in [1.54, 1.807) is 6.21 Å². The normalized spacial score (nSPS) is 11.0. The lowest BCUT2D eigenvalue weighted by Gasteiger charge is -2.20. The molecule has 0 bridgehead atoms. The highest BCUT2D eigenvalue weighted by molar-refractivity contribution is 7.20. The van der Waals surface area contributed by atoms with Gasteiger partial charge in [0.1, 0.15) is 10.7 Å². The summed E-state index contributed by atoms with van der Waals surface area (Å²) in [5.41, 5.74) is 9.73. The Morgan fingerprint density at radius 2 is 1.53 bits per heavy atom. The molecule has 0 aliphatic rings. The van der Waals surface area contributed by atoms with Crippen molar-refractivity contribution in [3.8, 4) is 11.3 Å².